The molecule has 0 radical (unpaired) electrons. The molecule has 1 amide bonds. The van der Waals surface area contributed by atoms with Crippen LogP contribution in [0.3, 0.4) is 0 Å². The van der Waals surface area contributed by atoms with Gasteiger partial charge in [0.1, 0.15) is 5.78 Å². The van der Waals surface area contributed by atoms with Gasteiger partial charge in [0.2, 0.25) is 13.3 Å². The number of carbonyl (C=O) groups excluding carboxylic acids is 2. The van der Waals surface area contributed by atoms with Crippen LogP contribution in [0.2, 0.25) is 6.82 Å². The fourth-order valence-corrected chi connectivity index (χ4v) is 2.20. The summed E-state index contributed by atoms with van der Waals surface area (Å²) in [4.78, 5) is 22.7. The fourth-order valence-electron chi connectivity index (χ4n) is 2.20. The van der Waals surface area contributed by atoms with Gasteiger partial charge >= 0.3 is 0 Å². The summed E-state index contributed by atoms with van der Waals surface area (Å²) in [5.74, 6) is 0.263. The number of ketones is 1. The SMILES string of the molecule is CBNC(=O)[C@]1(C)C(C)[C@@H]1C(C)=O. The molecule has 3 atom stereocenters. The highest BCUT2D eigenvalue weighted by Crippen LogP contribution is 2.58. The molecule has 1 fully saturated rings. The number of nitrogens with one attached hydrogen (secondary N) is 1. The molecule has 0 aliphatic heterocycles. The molecule has 4 heteroatoms. The lowest BCUT2D eigenvalue weighted by atomic mass is 9.95. The van der Waals surface area contributed by atoms with E-state index in [1.54, 1.807) is 6.92 Å². The van der Waals surface area contributed by atoms with Gasteiger partial charge in [-0.25, -0.2) is 0 Å². The van der Waals surface area contributed by atoms with Gasteiger partial charge in [-0.3, -0.25) is 9.59 Å². The van der Waals surface area contributed by atoms with Crippen molar-refractivity contribution in [2.45, 2.75) is 27.6 Å². The fraction of sp³-hybridized carbons (Fsp3) is 0.778. The maximum absolute atomic E-state index is 11.6. The van der Waals surface area contributed by atoms with Crippen molar-refractivity contribution in [3.8, 4) is 0 Å². The van der Waals surface area contributed by atoms with Gasteiger partial charge in [-0.1, -0.05) is 13.7 Å². The minimum Gasteiger partial charge on any atom is -0.402 e. The molecule has 1 saturated carbocycles. The van der Waals surface area contributed by atoms with E-state index in [-0.39, 0.29) is 23.5 Å². The second-order valence-electron chi connectivity index (χ2n) is 4.02. The molecule has 0 aromatic rings. The van der Waals surface area contributed by atoms with Crippen molar-refractivity contribution in [1.82, 2.24) is 5.23 Å². The van der Waals surface area contributed by atoms with Crippen LogP contribution in [-0.4, -0.2) is 19.1 Å². The molecule has 0 spiro atoms. The topological polar surface area (TPSA) is 46.2 Å². The first-order valence-corrected chi connectivity index (χ1v) is 4.75. The van der Waals surface area contributed by atoms with Crippen LogP contribution in [0.1, 0.15) is 20.8 Å². The molecule has 3 nitrogen and oxygen atoms in total. The molecule has 1 rings (SSSR count). The number of amides is 1. The number of hydrogen-bond acceptors (Lipinski definition) is 2. The third kappa shape index (κ3) is 1.38. The van der Waals surface area contributed by atoms with Crippen LogP contribution >= 0.6 is 0 Å². The van der Waals surface area contributed by atoms with Gasteiger partial charge in [-0.2, -0.15) is 0 Å². The Morgan fingerprint density at radius 1 is 1.46 bits per heavy atom. The van der Waals surface area contributed by atoms with Crippen molar-refractivity contribution in [2.24, 2.45) is 17.3 Å². The first-order chi connectivity index (χ1) is 5.96. The molecular weight excluding hydrogens is 165 g/mol. The Morgan fingerprint density at radius 2 is 2.00 bits per heavy atom. The molecule has 1 aliphatic carbocycles. The summed E-state index contributed by atoms with van der Waals surface area (Å²) in [6.07, 6.45) is 0. The van der Waals surface area contributed by atoms with Crippen molar-refractivity contribution in [3.05, 3.63) is 0 Å². The molecule has 0 heterocycles. The zero-order valence-electron chi connectivity index (χ0n) is 8.68. The average Bonchev–Trinajstić information content (AvgIpc) is 2.57. The smallest absolute Gasteiger partial charge is 0.232 e. The van der Waals surface area contributed by atoms with E-state index in [2.05, 4.69) is 5.23 Å². The monoisotopic (exact) mass is 181 g/mol. The predicted molar refractivity (Wildman–Crippen MR) is 52.6 cm³/mol. The van der Waals surface area contributed by atoms with Crippen molar-refractivity contribution in [2.75, 3.05) is 0 Å². The van der Waals surface area contributed by atoms with E-state index in [1.165, 1.54) is 0 Å². The van der Waals surface area contributed by atoms with Gasteiger partial charge in [0.15, 0.2) is 0 Å². The zero-order valence-corrected chi connectivity index (χ0v) is 8.68. The largest absolute Gasteiger partial charge is 0.402 e. The third-order valence-corrected chi connectivity index (χ3v) is 3.25. The maximum atomic E-state index is 11.6. The number of carbonyl (C=O) groups is 2. The Balaban J connectivity index is 2.70. The van der Waals surface area contributed by atoms with E-state index in [1.807, 2.05) is 20.7 Å². The Kier molecular flexibility index (Phi) is 2.50. The van der Waals surface area contributed by atoms with Crippen molar-refractivity contribution in [3.63, 3.8) is 0 Å². The predicted octanol–water partition coefficient (Wildman–Crippen LogP) is 0.363. The Labute approximate surface area is 79.5 Å². The zero-order chi connectivity index (χ0) is 10.2. The van der Waals surface area contributed by atoms with E-state index < -0.39 is 5.41 Å². The van der Waals surface area contributed by atoms with Gasteiger partial charge in [-0.05, 0) is 19.8 Å². The van der Waals surface area contributed by atoms with E-state index in [0.29, 0.717) is 7.41 Å². The Morgan fingerprint density at radius 3 is 2.31 bits per heavy atom. The van der Waals surface area contributed by atoms with Gasteiger partial charge in [-0.15, -0.1) is 0 Å². The molecule has 1 N–H and O–H groups in total. The van der Waals surface area contributed by atoms with Crippen molar-refractivity contribution >= 4 is 19.1 Å². The molecule has 1 aliphatic rings. The van der Waals surface area contributed by atoms with Gasteiger partial charge in [0.25, 0.3) is 0 Å². The molecule has 1 unspecified atom stereocenters. The van der Waals surface area contributed by atoms with E-state index in [9.17, 15) is 9.59 Å². The molecule has 0 bridgehead atoms. The Hall–Kier alpha value is -0.795. The molecule has 0 saturated heterocycles. The minimum absolute atomic E-state index is 0.0164. The second kappa shape index (κ2) is 3.16. The first-order valence-electron chi connectivity index (χ1n) is 4.75. The lowest BCUT2D eigenvalue weighted by Gasteiger charge is -2.09. The normalized spacial score (nSPS) is 36.6. The van der Waals surface area contributed by atoms with Crippen LogP contribution in [0.15, 0.2) is 0 Å². The highest BCUT2D eigenvalue weighted by atomic mass is 16.2. The van der Waals surface area contributed by atoms with Crippen LogP contribution < -0.4 is 5.23 Å². The average molecular weight is 181 g/mol. The van der Waals surface area contributed by atoms with Crippen LogP contribution in [0.4, 0.5) is 0 Å². The summed E-state index contributed by atoms with van der Waals surface area (Å²) in [6, 6.07) is 0. The summed E-state index contributed by atoms with van der Waals surface area (Å²) in [5, 5.41) is 2.77. The lowest BCUT2D eigenvalue weighted by molar-refractivity contribution is -0.127. The molecule has 0 aromatic carbocycles. The molecule has 13 heavy (non-hydrogen) atoms. The number of rotatable bonds is 3. The van der Waals surface area contributed by atoms with Gasteiger partial charge in [0, 0.05) is 5.92 Å². The second-order valence-corrected chi connectivity index (χ2v) is 4.02. The Bertz CT molecular complexity index is 254. The maximum Gasteiger partial charge on any atom is 0.232 e. The van der Waals surface area contributed by atoms with E-state index >= 15 is 0 Å². The van der Waals surface area contributed by atoms with E-state index in [0.717, 1.165) is 0 Å². The van der Waals surface area contributed by atoms with Gasteiger partial charge < -0.3 is 5.23 Å². The van der Waals surface area contributed by atoms with Gasteiger partial charge in [0.05, 0.1) is 5.41 Å². The highest BCUT2D eigenvalue weighted by molar-refractivity contribution is 6.35. The quantitative estimate of drug-likeness (QED) is 0.639. The van der Waals surface area contributed by atoms with E-state index in [4.69, 9.17) is 0 Å². The summed E-state index contributed by atoms with van der Waals surface area (Å²) in [7, 11) is 0.631. The van der Waals surface area contributed by atoms with Crippen LogP contribution in [0, 0.1) is 17.3 Å². The minimum atomic E-state index is -0.443. The lowest BCUT2D eigenvalue weighted by Crippen LogP contribution is -2.34. The van der Waals surface area contributed by atoms with Crippen LogP contribution in [0.25, 0.3) is 0 Å². The first kappa shape index (κ1) is 10.3. The summed E-state index contributed by atoms with van der Waals surface area (Å²) in [6.45, 7) is 7.28. The van der Waals surface area contributed by atoms with Crippen LogP contribution in [0.5, 0.6) is 0 Å². The number of Topliss-reactive ketones (excluding diaryl/α,β-unsaturated/α-hetero) is 1. The molecular formula is C9H16BNO2. The summed E-state index contributed by atoms with van der Waals surface area (Å²) < 4.78 is 0. The highest BCUT2D eigenvalue weighted by Gasteiger charge is 2.65. The van der Waals surface area contributed by atoms with Crippen molar-refractivity contribution < 1.29 is 9.59 Å². The third-order valence-electron chi connectivity index (χ3n) is 3.25. The summed E-state index contributed by atoms with van der Waals surface area (Å²) >= 11 is 0. The van der Waals surface area contributed by atoms with Crippen LogP contribution in [-0.2, 0) is 9.59 Å². The molecule has 0 aromatic heterocycles. The summed E-state index contributed by atoms with van der Waals surface area (Å²) in [5.41, 5.74) is -0.443. The standard InChI is InChI=1S/C9H16BNO2/c1-5-7(6(2)12)9(5,3)8(13)11-10-4/h5,7,10H,1-4H3,(H,11,13)/t5?,7-,9-/m1/s1. The van der Waals surface area contributed by atoms with Crippen molar-refractivity contribution in [1.29, 1.82) is 0 Å². The number of hydrogen-bond donors (Lipinski definition) is 1. The molecule has 72 valence electrons.